The van der Waals surface area contributed by atoms with Crippen molar-refractivity contribution in [1.29, 1.82) is 0 Å². The Morgan fingerprint density at radius 3 is 2.07 bits per heavy atom. The molecule has 1 aliphatic rings. The number of methoxy groups -OCH3 is 1. The molecule has 160 valence electrons. The second kappa shape index (κ2) is 7.66. The third-order valence-electron chi connectivity index (χ3n) is 4.39. The zero-order valence-electron chi connectivity index (χ0n) is 17.9. The second-order valence-corrected chi connectivity index (χ2v) is 9.84. The maximum Gasteiger partial charge on any atom is 0.337 e. The first-order valence-corrected chi connectivity index (χ1v) is 10.8. The van der Waals surface area contributed by atoms with Crippen LogP contribution in [0.4, 0.5) is 0 Å². The fraction of sp³-hybridized carbons (Fsp3) is 0.526. The summed E-state index contributed by atoms with van der Waals surface area (Å²) in [5.74, 6) is -2.18. The molecule has 9 nitrogen and oxygen atoms in total. The average molecular weight is 426 g/mol. The van der Waals surface area contributed by atoms with E-state index < -0.39 is 33.3 Å². The first kappa shape index (κ1) is 22.7. The van der Waals surface area contributed by atoms with Crippen LogP contribution >= 0.6 is 0 Å². The lowest BCUT2D eigenvalue weighted by molar-refractivity contribution is -0.150. The van der Waals surface area contributed by atoms with E-state index in [1.807, 2.05) is 0 Å². The number of carbonyl (C=O) groups is 2. The van der Waals surface area contributed by atoms with Crippen LogP contribution in [0.15, 0.2) is 33.9 Å². The summed E-state index contributed by atoms with van der Waals surface area (Å²) < 4.78 is 35.9. The Hall–Kier alpha value is -2.62. The van der Waals surface area contributed by atoms with Crippen LogP contribution in [-0.4, -0.2) is 48.9 Å². The number of aromatic nitrogens is 2. The number of imidazole rings is 1. The predicted octanol–water partition coefficient (Wildman–Crippen LogP) is 1.57. The molecule has 1 aliphatic heterocycles. The summed E-state index contributed by atoms with van der Waals surface area (Å²) in [5, 5.41) is 2.86. The number of nitrogens with zero attached hydrogens (tertiary/aromatic N) is 2. The second-order valence-electron chi connectivity index (χ2n) is 7.93. The van der Waals surface area contributed by atoms with Gasteiger partial charge in [0.15, 0.2) is 0 Å². The van der Waals surface area contributed by atoms with Crippen molar-refractivity contribution in [3.63, 3.8) is 0 Å². The molecule has 0 amide bonds. The Morgan fingerprint density at radius 2 is 1.66 bits per heavy atom. The highest BCUT2D eigenvalue weighted by Crippen LogP contribution is 2.40. The molecule has 1 unspecified atom stereocenters. The molecule has 0 fully saturated rings. The number of ether oxygens (including phenoxy) is 2. The van der Waals surface area contributed by atoms with Crippen molar-refractivity contribution >= 4 is 21.8 Å². The van der Waals surface area contributed by atoms with Crippen molar-refractivity contribution in [3.05, 3.63) is 34.4 Å². The fourth-order valence-corrected chi connectivity index (χ4v) is 4.14. The van der Waals surface area contributed by atoms with Crippen LogP contribution in [0.1, 0.15) is 46.2 Å². The summed E-state index contributed by atoms with van der Waals surface area (Å²) in [6.45, 7) is 8.58. The van der Waals surface area contributed by atoms with E-state index >= 15 is 0 Å². The summed E-state index contributed by atoms with van der Waals surface area (Å²) >= 11 is 0. The molecule has 1 N–H and O–H groups in total. The number of hydrogen-bond acceptors (Lipinski definition) is 8. The van der Waals surface area contributed by atoms with Crippen LogP contribution < -0.4 is 5.32 Å². The van der Waals surface area contributed by atoms with Gasteiger partial charge in [-0.2, -0.15) is 0 Å². The molecule has 2 rings (SSSR count). The normalized spacial score (nSPS) is 17.9. The zero-order chi connectivity index (χ0) is 22.3. The number of dihydropyridines is 1. The third-order valence-corrected chi connectivity index (χ3v) is 5.44. The third kappa shape index (κ3) is 4.52. The fourth-order valence-electron chi connectivity index (χ4n) is 3.29. The van der Waals surface area contributed by atoms with E-state index in [-0.39, 0.29) is 16.3 Å². The molecular weight excluding hydrogens is 398 g/mol. The van der Waals surface area contributed by atoms with Crippen LogP contribution in [0.25, 0.3) is 0 Å². The van der Waals surface area contributed by atoms with Crippen molar-refractivity contribution in [3.8, 4) is 0 Å². The van der Waals surface area contributed by atoms with Crippen LogP contribution in [0.2, 0.25) is 0 Å². The van der Waals surface area contributed by atoms with E-state index in [9.17, 15) is 18.0 Å². The van der Waals surface area contributed by atoms with Gasteiger partial charge in [0.05, 0.1) is 36.1 Å². The topological polar surface area (TPSA) is 117 Å². The SMILES string of the molecule is COC(=O)C1=C(C)NC(C)=C(C(=O)OC(C)(C)C)C1c1cnc(S(C)(=O)=O)n1C. The summed E-state index contributed by atoms with van der Waals surface area (Å²) in [7, 11) is -0.856. The number of hydrogen-bond donors (Lipinski definition) is 1. The van der Waals surface area contributed by atoms with Gasteiger partial charge in [0, 0.05) is 24.7 Å². The van der Waals surface area contributed by atoms with Crippen LogP contribution in [0.5, 0.6) is 0 Å². The van der Waals surface area contributed by atoms with Crippen molar-refractivity contribution in [2.24, 2.45) is 7.05 Å². The van der Waals surface area contributed by atoms with Gasteiger partial charge >= 0.3 is 11.9 Å². The highest BCUT2D eigenvalue weighted by Gasteiger charge is 2.41. The molecule has 0 aliphatic carbocycles. The van der Waals surface area contributed by atoms with Gasteiger partial charge in [-0.15, -0.1) is 0 Å². The monoisotopic (exact) mass is 425 g/mol. The lowest BCUT2D eigenvalue weighted by atomic mass is 9.83. The van der Waals surface area contributed by atoms with Crippen LogP contribution in [0.3, 0.4) is 0 Å². The maximum absolute atomic E-state index is 13.0. The molecule has 0 aromatic carbocycles. The first-order chi connectivity index (χ1) is 13.2. The summed E-state index contributed by atoms with van der Waals surface area (Å²) in [6, 6.07) is 0. The van der Waals surface area contributed by atoms with Gasteiger partial charge in [-0.05, 0) is 34.6 Å². The number of esters is 2. The number of nitrogens with one attached hydrogen (secondary N) is 1. The van der Waals surface area contributed by atoms with Crippen molar-refractivity contribution in [2.75, 3.05) is 13.4 Å². The van der Waals surface area contributed by atoms with Crippen LogP contribution in [0, 0.1) is 0 Å². The Labute approximate surface area is 170 Å². The average Bonchev–Trinajstić information content (AvgIpc) is 2.93. The molecule has 0 radical (unpaired) electrons. The minimum absolute atomic E-state index is 0.172. The number of allylic oxidation sites excluding steroid dienone is 2. The van der Waals surface area contributed by atoms with E-state index in [0.717, 1.165) is 6.26 Å². The first-order valence-electron chi connectivity index (χ1n) is 8.91. The lowest BCUT2D eigenvalue weighted by Crippen LogP contribution is -2.35. The van der Waals surface area contributed by atoms with E-state index in [0.29, 0.717) is 17.1 Å². The van der Waals surface area contributed by atoms with Gasteiger partial charge in [0.1, 0.15) is 5.60 Å². The molecule has 2 heterocycles. The van der Waals surface area contributed by atoms with Gasteiger partial charge in [0.2, 0.25) is 15.0 Å². The van der Waals surface area contributed by atoms with E-state index in [1.54, 1.807) is 34.6 Å². The Kier molecular flexibility index (Phi) is 5.99. The van der Waals surface area contributed by atoms with Crippen molar-refractivity contribution in [1.82, 2.24) is 14.9 Å². The van der Waals surface area contributed by atoms with Crippen molar-refractivity contribution in [2.45, 2.75) is 51.3 Å². The van der Waals surface area contributed by atoms with Crippen LogP contribution in [-0.2, 0) is 35.9 Å². The highest BCUT2D eigenvalue weighted by molar-refractivity contribution is 7.90. The smallest absolute Gasteiger partial charge is 0.337 e. The van der Waals surface area contributed by atoms with Gasteiger partial charge in [-0.25, -0.2) is 23.0 Å². The largest absolute Gasteiger partial charge is 0.466 e. The van der Waals surface area contributed by atoms with Gasteiger partial charge < -0.3 is 19.4 Å². The number of rotatable bonds is 4. The lowest BCUT2D eigenvalue weighted by Gasteiger charge is -2.31. The Morgan fingerprint density at radius 1 is 1.14 bits per heavy atom. The van der Waals surface area contributed by atoms with Crippen molar-refractivity contribution < 1.29 is 27.5 Å². The molecule has 0 saturated carbocycles. The molecule has 0 saturated heterocycles. The predicted molar refractivity (Wildman–Crippen MR) is 105 cm³/mol. The minimum Gasteiger partial charge on any atom is -0.466 e. The maximum atomic E-state index is 13.0. The number of sulfone groups is 1. The van der Waals surface area contributed by atoms with E-state index in [1.165, 1.54) is 24.9 Å². The molecular formula is C19H27N3O6S. The summed E-state index contributed by atoms with van der Waals surface area (Å²) in [5.41, 5.74) is 0.953. The summed E-state index contributed by atoms with van der Waals surface area (Å²) in [6.07, 6.45) is 2.39. The molecule has 1 atom stereocenters. The van der Waals surface area contributed by atoms with Gasteiger partial charge in [-0.3, -0.25) is 0 Å². The summed E-state index contributed by atoms with van der Waals surface area (Å²) in [4.78, 5) is 29.6. The molecule has 29 heavy (non-hydrogen) atoms. The molecule has 1 aromatic heterocycles. The Balaban J connectivity index is 2.77. The highest BCUT2D eigenvalue weighted by atomic mass is 32.2. The Bertz CT molecular complexity index is 1020. The quantitative estimate of drug-likeness (QED) is 0.723. The molecule has 0 spiro atoms. The minimum atomic E-state index is -3.62. The van der Waals surface area contributed by atoms with E-state index in [4.69, 9.17) is 9.47 Å². The number of carbonyl (C=O) groups excluding carboxylic acids is 2. The molecule has 1 aromatic rings. The van der Waals surface area contributed by atoms with E-state index in [2.05, 4.69) is 10.3 Å². The molecule has 10 heteroatoms. The van der Waals surface area contributed by atoms with Gasteiger partial charge in [0.25, 0.3) is 0 Å². The molecule has 0 bridgehead atoms. The van der Waals surface area contributed by atoms with Gasteiger partial charge in [-0.1, -0.05) is 0 Å². The zero-order valence-corrected chi connectivity index (χ0v) is 18.7. The standard InChI is InChI=1S/C19H27N3O6S/c1-10-13(16(23)27-7)15(12-9-20-18(22(12)6)29(8,25)26)14(11(2)21-10)17(24)28-19(3,4)5/h9,15,21H,1-8H3.